The summed E-state index contributed by atoms with van der Waals surface area (Å²) in [7, 11) is -3.64. The Kier molecular flexibility index (Phi) is 5.90. The van der Waals surface area contributed by atoms with Crippen LogP contribution in [0.15, 0.2) is 47.4 Å². The molecule has 1 amide bonds. The van der Waals surface area contributed by atoms with Crippen molar-refractivity contribution in [1.29, 1.82) is 0 Å². The number of nitrogens with one attached hydrogen (secondary N) is 1. The van der Waals surface area contributed by atoms with E-state index in [0.29, 0.717) is 12.1 Å². The second-order valence-electron chi connectivity index (χ2n) is 7.68. The fourth-order valence-electron chi connectivity index (χ4n) is 3.97. The topological polar surface area (TPSA) is 79.4 Å². The summed E-state index contributed by atoms with van der Waals surface area (Å²) in [5.41, 5.74) is 2.67. The van der Waals surface area contributed by atoms with Crippen molar-refractivity contribution in [2.24, 2.45) is 0 Å². The molecule has 1 saturated heterocycles. The number of rotatable bonds is 6. The molecular formula is C22H25N3O3S2. The predicted octanol–water partition coefficient (Wildman–Crippen LogP) is 3.95. The first-order chi connectivity index (χ1) is 14.3. The number of fused-ring (bicyclic) bond motifs is 1. The van der Waals surface area contributed by atoms with Crippen molar-refractivity contribution in [3.8, 4) is 0 Å². The number of para-hydroxylation sites is 1. The Hall–Kier alpha value is -2.29. The smallest absolute Gasteiger partial charge is 0.240 e. The molecule has 1 aromatic heterocycles. The summed E-state index contributed by atoms with van der Waals surface area (Å²) >= 11 is 1.63. The Bertz CT molecular complexity index is 1150. The van der Waals surface area contributed by atoms with Crippen LogP contribution in [0.3, 0.4) is 0 Å². The van der Waals surface area contributed by atoms with Crippen LogP contribution >= 0.6 is 11.3 Å². The fourth-order valence-corrected chi connectivity index (χ4v) is 6.34. The number of carbonyl (C=O) groups excluding carboxylic acids is 1. The molecule has 6 nitrogen and oxygen atoms in total. The molecule has 3 aromatic rings. The molecule has 8 heteroatoms. The maximum absolute atomic E-state index is 12.8. The van der Waals surface area contributed by atoms with Crippen molar-refractivity contribution >= 4 is 37.5 Å². The van der Waals surface area contributed by atoms with Crippen molar-refractivity contribution in [2.45, 2.75) is 44.0 Å². The quantitative estimate of drug-likeness (QED) is 0.626. The molecule has 158 valence electrons. The number of nitrogens with zero attached hydrogens (tertiary/aromatic N) is 2. The van der Waals surface area contributed by atoms with Gasteiger partial charge in [-0.3, -0.25) is 4.79 Å². The highest BCUT2D eigenvalue weighted by molar-refractivity contribution is 7.89. The molecule has 1 N–H and O–H groups in total. The molecule has 2 heterocycles. The number of thiazole rings is 1. The lowest BCUT2D eigenvalue weighted by Crippen LogP contribution is -2.34. The van der Waals surface area contributed by atoms with E-state index in [9.17, 15) is 13.2 Å². The van der Waals surface area contributed by atoms with Crippen LogP contribution in [-0.2, 0) is 14.8 Å². The van der Waals surface area contributed by atoms with Crippen LogP contribution < -0.4 is 4.72 Å². The van der Waals surface area contributed by atoms with Gasteiger partial charge in [-0.2, -0.15) is 0 Å². The predicted molar refractivity (Wildman–Crippen MR) is 119 cm³/mol. The van der Waals surface area contributed by atoms with E-state index in [1.165, 1.54) is 0 Å². The molecule has 1 aliphatic heterocycles. The normalized spacial score (nSPS) is 17.0. The summed E-state index contributed by atoms with van der Waals surface area (Å²) in [4.78, 5) is 19.7. The number of benzene rings is 2. The molecule has 1 aliphatic rings. The molecule has 1 fully saturated rings. The van der Waals surface area contributed by atoms with E-state index in [0.717, 1.165) is 33.6 Å². The van der Waals surface area contributed by atoms with Crippen molar-refractivity contribution in [3.05, 3.63) is 58.6 Å². The molecule has 0 saturated carbocycles. The van der Waals surface area contributed by atoms with Crippen LogP contribution in [0.1, 0.15) is 41.4 Å². The van der Waals surface area contributed by atoms with Gasteiger partial charge in [0.05, 0.1) is 21.2 Å². The number of amides is 1. The van der Waals surface area contributed by atoms with E-state index in [2.05, 4.69) is 4.72 Å². The van der Waals surface area contributed by atoms with E-state index in [4.69, 9.17) is 4.98 Å². The third kappa shape index (κ3) is 4.26. The number of carbonyl (C=O) groups is 1. The van der Waals surface area contributed by atoms with Gasteiger partial charge in [0.15, 0.2) is 0 Å². The minimum Gasteiger partial charge on any atom is -0.333 e. The summed E-state index contributed by atoms with van der Waals surface area (Å²) in [6, 6.07) is 13.2. The van der Waals surface area contributed by atoms with Gasteiger partial charge in [-0.25, -0.2) is 18.1 Å². The Labute approximate surface area is 181 Å². The SMILES string of the molecule is Cc1ccc(S(=O)(=O)NCCC(=O)N2CCC[C@H]2c2nc3ccccc3s2)c(C)c1. The summed E-state index contributed by atoms with van der Waals surface area (Å²) in [5, 5.41) is 0.956. The van der Waals surface area contributed by atoms with Gasteiger partial charge >= 0.3 is 0 Å². The zero-order chi connectivity index (χ0) is 21.3. The van der Waals surface area contributed by atoms with Crippen LogP contribution in [0.2, 0.25) is 0 Å². The second-order valence-corrected chi connectivity index (χ2v) is 10.5. The van der Waals surface area contributed by atoms with Crippen LogP contribution in [0.4, 0.5) is 0 Å². The monoisotopic (exact) mass is 443 g/mol. The Morgan fingerprint density at radius 1 is 1.23 bits per heavy atom. The van der Waals surface area contributed by atoms with Crippen LogP contribution in [-0.4, -0.2) is 37.3 Å². The van der Waals surface area contributed by atoms with Gasteiger partial charge in [0, 0.05) is 19.5 Å². The van der Waals surface area contributed by atoms with E-state index >= 15 is 0 Å². The molecule has 0 unspecified atom stereocenters. The van der Waals surface area contributed by atoms with Gasteiger partial charge in [-0.1, -0.05) is 29.8 Å². The molecule has 2 aromatic carbocycles. The van der Waals surface area contributed by atoms with E-state index < -0.39 is 10.0 Å². The number of hydrogen-bond donors (Lipinski definition) is 1. The highest BCUT2D eigenvalue weighted by Gasteiger charge is 2.32. The number of likely N-dealkylation sites (tertiary alicyclic amines) is 1. The molecule has 30 heavy (non-hydrogen) atoms. The van der Waals surface area contributed by atoms with Gasteiger partial charge in [-0.05, 0) is 50.5 Å². The lowest BCUT2D eigenvalue weighted by molar-refractivity contribution is -0.131. The Morgan fingerprint density at radius 2 is 2.03 bits per heavy atom. The highest BCUT2D eigenvalue weighted by atomic mass is 32.2. The summed E-state index contributed by atoms with van der Waals surface area (Å²) in [6.07, 6.45) is 1.95. The minimum absolute atomic E-state index is 0.0224. The maximum Gasteiger partial charge on any atom is 0.240 e. The number of hydrogen-bond acceptors (Lipinski definition) is 5. The summed E-state index contributed by atoms with van der Waals surface area (Å²) in [5.74, 6) is -0.0416. The van der Waals surface area contributed by atoms with Gasteiger partial charge in [-0.15, -0.1) is 11.3 Å². The van der Waals surface area contributed by atoms with Crippen molar-refractivity contribution in [3.63, 3.8) is 0 Å². The zero-order valence-electron chi connectivity index (χ0n) is 17.1. The first kappa shape index (κ1) is 21.0. The first-order valence-corrected chi connectivity index (χ1v) is 12.4. The molecule has 4 rings (SSSR count). The van der Waals surface area contributed by atoms with Crippen LogP contribution in [0.25, 0.3) is 10.2 Å². The van der Waals surface area contributed by atoms with Gasteiger partial charge < -0.3 is 4.90 Å². The molecule has 0 radical (unpaired) electrons. The first-order valence-electron chi connectivity index (χ1n) is 10.1. The number of aromatic nitrogens is 1. The van der Waals surface area contributed by atoms with Crippen molar-refractivity contribution in [2.75, 3.05) is 13.1 Å². The summed E-state index contributed by atoms with van der Waals surface area (Å²) < 4.78 is 28.9. The van der Waals surface area contributed by atoms with Crippen molar-refractivity contribution in [1.82, 2.24) is 14.6 Å². The summed E-state index contributed by atoms with van der Waals surface area (Å²) in [6.45, 7) is 4.47. The highest BCUT2D eigenvalue weighted by Crippen LogP contribution is 2.36. The Balaban J connectivity index is 1.40. The minimum atomic E-state index is -3.64. The van der Waals surface area contributed by atoms with E-state index in [1.54, 1.807) is 30.4 Å². The van der Waals surface area contributed by atoms with Gasteiger partial charge in [0.1, 0.15) is 5.01 Å². The maximum atomic E-state index is 12.8. The molecule has 0 aliphatic carbocycles. The van der Waals surface area contributed by atoms with Gasteiger partial charge in [0.2, 0.25) is 15.9 Å². The third-order valence-corrected chi connectivity index (χ3v) is 8.18. The van der Waals surface area contributed by atoms with Gasteiger partial charge in [0.25, 0.3) is 0 Å². The van der Waals surface area contributed by atoms with E-state index in [-0.39, 0.29) is 29.8 Å². The molecule has 0 spiro atoms. The second kappa shape index (κ2) is 8.45. The van der Waals surface area contributed by atoms with Crippen LogP contribution in [0.5, 0.6) is 0 Å². The van der Waals surface area contributed by atoms with Crippen LogP contribution in [0, 0.1) is 13.8 Å². The fraction of sp³-hybridized carbons (Fsp3) is 0.364. The molecule has 0 bridgehead atoms. The zero-order valence-corrected chi connectivity index (χ0v) is 18.7. The average Bonchev–Trinajstić information content (AvgIpc) is 3.34. The third-order valence-electron chi connectivity index (χ3n) is 5.42. The lowest BCUT2D eigenvalue weighted by Gasteiger charge is -2.23. The average molecular weight is 444 g/mol. The molecule has 1 atom stereocenters. The number of sulfonamides is 1. The lowest BCUT2D eigenvalue weighted by atomic mass is 10.2. The van der Waals surface area contributed by atoms with Crippen molar-refractivity contribution < 1.29 is 13.2 Å². The standard InChI is InChI=1S/C22H25N3O3S2/c1-15-9-10-20(16(2)14-15)30(27,28)23-12-11-21(26)25-13-5-7-18(25)22-24-17-6-3-4-8-19(17)29-22/h3-4,6,8-10,14,18,23H,5,7,11-13H2,1-2H3/t18-/m0/s1. The largest absolute Gasteiger partial charge is 0.333 e. The Morgan fingerprint density at radius 3 is 2.80 bits per heavy atom. The van der Waals surface area contributed by atoms with E-state index in [1.807, 2.05) is 42.2 Å². The molecular weight excluding hydrogens is 418 g/mol. The number of aryl methyl sites for hydroxylation is 2.